The second-order valence-electron chi connectivity index (χ2n) is 6.55. The van der Waals surface area contributed by atoms with E-state index in [2.05, 4.69) is 18.9 Å². The Balaban J connectivity index is 1.81. The van der Waals surface area contributed by atoms with Gasteiger partial charge in [0.1, 0.15) is 5.78 Å². The average molecular weight is 251 g/mol. The second kappa shape index (κ2) is 6.70. The minimum Gasteiger partial charge on any atom is -0.298 e. The van der Waals surface area contributed by atoms with Crippen molar-refractivity contribution in [3.05, 3.63) is 0 Å². The van der Waals surface area contributed by atoms with Gasteiger partial charge in [0.2, 0.25) is 0 Å². The SMILES string of the molecule is CC1CCCCC1N(C)CC(=O)C1CCCCC1. The van der Waals surface area contributed by atoms with Gasteiger partial charge in [0.05, 0.1) is 6.54 Å². The van der Waals surface area contributed by atoms with Crippen molar-refractivity contribution >= 4 is 5.78 Å². The van der Waals surface area contributed by atoms with Gasteiger partial charge in [0, 0.05) is 12.0 Å². The Morgan fingerprint density at radius 2 is 1.61 bits per heavy atom. The van der Waals surface area contributed by atoms with Crippen LogP contribution < -0.4 is 0 Å². The lowest BCUT2D eigenvalue weighted by Crippen LogP contribution is -2.43. The summed E-state index contributed by atoms with van der Waals surface area (Å²) < 4.78 is 0. The van der Waals surface area contributed by atoms with Gasteiger partial charge in [-0.1, -0.05) is 39.0 Å². The summed E-state index contributed by atoms with van der Waals surface area (Å²) >= 11 is 0. The zero-order valence-electron chi connectivity index (χ0n) is 12.2. The van der Waals surface area contributed by atoms with E-state index in [9.17, 15) is 4.79 Å². The summed E-state index contributed by atoms with van der Waals surface area (Å²) in [5, 5.41) is 0. The van der Waals surface area contributed by atoms with Crippen LogP contribution in [0.25, 0.3) is 0 Å². The van der Waals surface area contributed by atoms with Gasteiger partial charge >= 0.3 is 0 Å². The summed E-state index contributed by atoms with van der Waals surface area (Å²) in [6.45, 7) is 3.05. The molecule has 0 amide bonds. The number of hydrogen-bond acceptors (Lipinski definition) is 2. The average Bonchev–Trinajstić information content (AvgIpc) is 2.40. The Kier molecular flexibility index (Phi) is 5.23. The first-order chi connectivity index (χ1) is 8.68. The van der Waals surface area contributed by atoms with Crippen LogP contribution in [0.2, 0.25) is 0 Å². The van der Waals surface area contributed by atoms with Crippen LogP contribution in [0.5, 0.6) is 0 Å². The van der Waals surface area contributed by atoms with E-state index in [4.69, 9.17) is 0 Å². The highest BCUT2D eigenvalue weighted by atomic mass is 16.1. The van der Waals surface area contributed by atoms with Crippen molar-refractivity contribution in [2.75, 3.05) is 13.6 Å². The number of nitrogens with zero attached hydrogens (tertiary/aromatic N) is 1. The smallest absolute Gasteiger partial charge is 0.149 e. The summed E-state index contributed by atoms with van der Waals surface area (Å²) in [6, 6.07) is 0.645. The molecule has 0 heterocycles. The minimum absolute atomic E-state index is 0.375. The van der Waals surface area contributed by atoms with Crippen molar-refractivity contribution in [2.24, 2.45) is 11.8 Å². The van der Waals surface area contributed by atoms with Crippen molar-refractivity contribution in [1.82, 2.24) is 4.90 Å². The van der Waals surface area contributed by atoms with Gasteiger partial charge in [0.15, 0.2) is 0 Å². The van der Waals surface area contributed by atoms with E-state index in [0.717, 1.165) is 18.8 Å². The van der Waals surface area contributed by atoms with Crippen LogP contribution in [0, 0.1) is 11.8 Å². The number of carbonyl (C=O) groups is 1. The molecule has 2 unspecified atom stereocenters. The minimum atomic E-state index is 0.375. The lowest BCUT2D eigenvalue weighted by Gasteiger charge is -2.36. The first-order valence-electron chi connectivity index (χ1n) is 7.91. The molecule has 0 aromatic heterocycles. The molecule has 0 spiro atoms. The number of ketones is 1. The number of hydrogen-bond donors (Lipinski definition) is 0. The molecule has 0 aromatic rings. The van der Waals surface area contributed by atoms with Crippen molar-refractivity contribution in [2.45, 2.75) is 70.8 Å². The quantitative estimate of drug-likeness (QED) is 0.760. The van der Waals surface area contributed by atoms with Crippen LogP contribution in [0.1, 0.15) is 64.7 Å². The molecule has 2 nitrogen and oxygen atoms in total. The van der Waals surface area contributed by atoms with Crippen molar-refractivity contribution in [3.63, 3.8) is 0 Å². The van der Waals surface area contributed by atoms with Crippen LogP contribution in [0.4, 0.5) is 0 Å². The number of carbonyl (C=O) groups excluding carboxylic acids is 1. The fourth-order valence-electron chi connectivity index (χ4n) is 3.87. The summed E-state index contributed by atoms with van der Waals surface area (Å²) in [6.07, 6.45) is 11.5. The predicted octanol–water partition coefficient (Wildman–Crippen LogP) is 3.65. The monoisotopic (exact) mass is 251 g/mol. The second-order valence-corrected chi connectivity index (χ2v) is 6.55. The highest BCUT2D eigenvalue weighted by Gasteiger charge is 2.28. The Labute approximate surface area is 112 Å². The van der Waals surface area contributed by atoms with Crippen molar-refractivity contribution in [1.29, 1.82) is 0 Å². The van der Waals surface area contributed by atoms with E-state index in [1.54, 1.807) is 0 Å². The molecule has 2 aliphatic rings. The van der Waals surface area contributed by atoms with E-state index in [1.165, 1.54) is 44.9 Å². The first kappa shape index (κ1) is 14.0. The highest BCUT2D eigenvalue weighted by molar-refractivity contribution is 5.83. The maximum absolute atomic E-state index is 12.3. The van der Waals surface area contributed by atoms with E-state index >= 15 is 0 Å². The molecule has 0 radical (unpaired) electrons. The Hall–Kier alpha value is -0.370. The van der Waals surface area contributed by atoms with Crippen LogP contribution in [0.3, 0.4) is 0 Å². The Bertz CT molecular complexity index is 270. The highest BCUT2D eigenvalue weighted by Crippen LogP contribution is 2.29. The third-order valence-corrected chi connectivity index (χ3v) is 5.10. The topological polar surface area (TPSA) is 20.3 Å². The molecule has 2 heteroatoms. The first-order valence-corrected chi connectivity index (χ1v) is 7.91. The molecule has 2 rings (SSSR count). The molecule has 18 heavy (non-hydrogen) atoms. The summed E-state index contributed by atoms with van der Waals surface area (Å²) in [5.41, 5.74) is 0. The van der Waals surface area contributed by atoms with Crippen molar-refractivity contribution < 1.29 is 4.79 Å². The third-order valence-electron chi connectivity index (χ3n) is 5.10. The van der Waals surface area contributed by atoms with Gasteiger partial charge in [-0.3, -0.25) is 9.69 Å². The number of Topliss-reactive ketones (excluding diaryl/α,β-unsaturated/α-hetero) is 1. The van der Waals surface area contributed by atoms with Gasteiger partial charge < -0.3 is 0 Å². The van der Waals surface area contributed by atoms with E-state index in [0.29, 0.717) is 24.3 Å². The molecule has 0 aliphatic heterocycles. The maximum Gasteiger partial charge on any atom is 0.149 e. The zero-order valence-corrected chi connectivity index (χ0v) is 12.2. The molecular formula is C16H29NO. The van der Waals surface area contributed by atoms with E-state index in [1.807, 2.05) is 0 Å². The number of rotatable bonds is 4. The molecule has 2 aliphatic carbocycles. The third kappa shape index (κ3) is 3.57. The van der Waals surface area contributed by atoms with Crippen LogP contribution in [-0.4, -0.2) is 30.3 Å². The normalized spacial score (nSPS) is 30.6. The van der Waals surface area contributed by atoms with Crippen LogP contribution in [0.15, 0.2) is 0 Å². The van der Waals surface area contributed by atoms with Crippen LogP contribution in [-0.2, 0) is 4.79 Å². The zero-order chi connectivity index (χ0) is 13.0. The van der Waals surface area contributed by atoms with Gasteiger partial charge in [-0.25, -0.2) is 0 Å². The molecule has 0 bridgehead atoms. The van der Waals surface area contributed by atoms with E-state index < -0.39 is 0 Å². The van der Waals surface area contributed by atoms with Crippen LogP contribution >= 0.6 is 0 Å². The van der Waals surface area contributed by atoms with Gasteiger partial charge in [-0.2, -0.15) is 0 Å². The molecule has 2 saturated carbocycles. The Morgan fingerprint density at radius 3 is 2.28 bits per heavy atom. The molecule has 0 N–H and O–H groups in total. The lowest BCUT2D eigenvalue weighted by atomic mass is 9.83. The lowest BCUT2D eigenvalue weighted by molar-refractivity contribution is -0.125. The van der Waals surface area contributed by atoms with Gasteiger partial charge in [-0.05, 0) is 38.6 Å². The largest absolute Gasteiger partial charge is 0.298 e. The number of likely N-dealkylation sites (N-methyl/N-ethyl adjacent to an activating group) is 1. The molecular weight excluding hydrogens is 222 g/mol. The fourth-order valence-corrected chi connectivity index (χ4v) is 3.87. The molecule has 0 aromatic carbocycles. The summed E-state index contributed by atoms with van der Waals surface area (Å²) in [7, 11) is 2.16. The molecule has 104 valence electrons. The summed E-state index contributed by atoms with van der Waals surface area (Å²) in [4.78, 5) is 14.7. The fraction of sp³-hybridized carbons (Fsp3) is 0.938. The Morgan fingerprint density at radius 1 is 1.00 bits per heavy atom. The standard InChI is InChI=1S/C16H29NO/c1-13-8-6-7-11-15(13)17(2)12-16(18)14-9-4-3-5-10-14/h13-15H,3-12H2,1-2H3. The van der Waals surface area contributed by atoms with E-state index in [-0.39, 0.29) is 0 Å². The maximum atomic E-state index is 12.3. The van der Waals surface area contributed by atoms with Crippen molar-refractivity contribution in [3.8, 4) is 0 Å². The molecule has 0 saturated heterocycles. The predicted molar refractivity (Wildman–Crippen MR) is 75.6 cm³/mol. The molecule has 2 fully saturated rings. The van der Waals surface area contributed by atoms with Gasteiger partial charge in [0.25, 0.3) is 0 Å². The molecule has 2 atom stereocenters. The van der Waals surface area contributed by atoms with Gasteiger partial charge in [-0.15, -0.1) is 0 Å². The summed E-state index contributed by atoms with van der Waals surface area (Å²) in [5.74, 6) is 1.65.